The zero-order valence-electron chi connectivity index (χ0n) is 35.2. The van der Waals surface area contributed by atoms with Gasteiger partial charge in [-0.05, 0) is 45.1 Å². The van der Waals surface area contributed by atoms with Crippen molar-refractivity contribution in [3.8, 4) is 34.1 Å². The van der Waals surface area contributed by atoms with E-state index in [0.717, 1.165) is 51.1 Å². The molecule has 11 heteroatoms. The van der Waals surface area contributed by atoms with Crippen LogP contribution in [0.4, 0.5) is 0 Å². The van der Waals surface area contributed by atoms with E-state index in [1.165, 1.54) is 27.2 Å². The molecular weight excluding hydrogens is 892 g/mol. The van der Waals surface area contributed by atoms with E-state index in [9.17, 15) is 4.79 Å². The summed E-state index contributed by atoms with van der Waals surface area (Å²) in [7, 11) is 15.3. The van der Waals surface area contributed by atoms with Crippen LogP contribution in [0.25, 0.3) is 11.1 Å². The molecule has 0 aliphatic rings. The van der Waals surface area contributed by atoms with Gasteiger partial charge in [-0.15, -0.1) is 18.5 Å². The van der Waals surface area contributed by atoms with Gasteiger partial charge in [0.15, 0.2) is 0 Å². The van der Waals surface area contributed by atoms with Crippen LogP contribution in [-0.4, -0.2) is 53.8 Å². The predicted octanol–water partition coefficient (Wildman–Crippen LogP) is 4.08. The largest absolute Gasteiger partial charge is 3.00 e. The number of rotatable bonds is 6. The van der Waals surface area contributed by atoms with E-state index >= 15 is 0 Å². The molecular formula is C47H59Cl2NO5P2Ru+. The van der Waals surface area contributed by atoms with Crippen LogP contribution in [-0.2, 0) is 24.3 Å². The van der Waals surface area contributed by atoms with Crippen molar-refractivity contribution in [1.82, 2.24) is 4.90 Å². The maximum absolute atomic E-state index is 9.43. The van der Waals surface area contributed by atoms with Crippen molar-refractivity contribution in [3.05, 3.63) is 168 Å². The Morgan fingerprint density at radius 2 is 0.793 bits per heavy atom. The summed E-state index contributed by atoms with van der Waals surface area (Å²) in [6, 6.07) is 48.7. The summed E-state index contributed by atoms with van der Waals surface area (Å²) in [5.74, 6) is 2.93. The first-order valence-electron chi connectivity index (χ1n) is 17.6. The Balaban J connectivity index is -0.000000695. The van der Waals surface area contributed by atoms with Crippen LogP contribution in [0, 0.1) is 27.7 Å². The molecule has 0 saturated heterocycles. The Kier molecular flexibility index (Phi) is 35.3. The van der Waals surface area contributed by atoms with Gasteiger partial charge in [-0.1, -0.05) is 144 Å². The first kappa shape index (κ1) is 58.4. The van der Waals surface area contributed by atoms with E-state index in [-0.39, 0.29) is 44.3 Å². The SMILES string of the molecule is CN(C)C=O.COc1cc(P)c(-c2cc(P)c(OC)cc2OC)c(OC)c1.Cc1ccccc1.Cc1ccccc1.Cc1ccccc1.Cc1ccccc1.[Cl-].[Cl-].[Ru+3]. The van der Waals surface area contributed by atoms with E-state index < -0.39 is 0 Å². The summed E-state index contributed by atoms with van der Waals surface area (Å²) >= 11 is 0. The molecule has 313 valence electrons. The monoisotopic (exact) mass is 951 g/mol. The molecule has 1 radical (unpaired) electrons. The summed E-state index contributed by atoms with van der Waals surface area (Å²) in [4.78, 5) is 10.9. The van der Waals surface area contributed by atoms with E-state index in [4.69, 9.17) is 18.9 Å². The Labute approximate surface area is 378 Å². The second-order valence-corrected chi connectivity index (χ2v) is 13.5. The smallest absolute Gasteiger partial charge is 1.00 e. The van der Waals surface area contributed by atoms with Crippen molar-refractivity contribution >= 4 is 35.5 Å². The molecule has 58 heavy (non-hydrogen) atoms. The van der Waals surface area contributed by atoms with Gasteiger partial charge in [-0.3, -0.25) is 4.79 Å². The van der Waals surface area contributed by atoms with Gasteiger partial charge in [0.05, 0.1) is 28.4 Å². The van der Waals surface area contributed by atoms with Crippen molar-refractivity contribution in [2.24, 2.45) is 0 Å². The standard InChI is InChI=1S/C16H20O4P2.4C7H8.C3H7NO.2ClH.Ru/c1-17-9-5-13(20-4)16(15(22)6-9)10-7-14(21)12(19-3)8-11(10)18-2;4*1-7-5-3-2-4-6-7;1-4(2)3-5;;;/h5-8H,21-22H2,1-4H3;4*2-6H,1H3;3H,1-2H3;2*1H;/q;;;;;;;;+3/p-2. The Hall–Kier alpha value is -3.95. The molecule has 0 heterocycles. The topological polar surface area (TPSA) is 57.2 Å². The molecule has 0 aromatic heterocycles. The van der Waals surface area contributed by atoms with Crippen LogP contribution in [0.3, 0.4) is 0 Å². The molecule has 6 nitrogen and oxygen atoms in total. The summed E-state index contributed by atoms with van der Waals surface area (Å²) in [5.41, 5.74) is 7.16. The van der Waals surface area contributed by atoms with E-state index in [2.05, 4.69) is 94.7 Å². The second-order valence-electron chi connectivity index (χ2n) is 12.3. The average molecular weight is 952 g/mol. The molecule has 2 unspecified atom stereocenters. The quantitative estimate of drug-likeness (QED) is 0.143. The fraction of sp³-hybridized carbons (Fsp3) is 0.213. The zero-order valence-corrected chi connectivity index (χ0v) is 40.7. The number of hydrogen-bond acceptors (Lipinski definition) is 5. The molecule has 0 spiro atoms. The number of methoxy groups -OCH3 is 4. The third-order valence-corrected chi connectivity index (χ3v) is 8.26. The van der Waals surface area contributed by atoms with Crippen LogP contribution >= 0.6 is 18.5 Å². The zero-order chi connectivity index (χ0) is 41.0. The summed E-state index contributed by atoms with van der Waals surface area (Å²) in [6.45, 7) is 8.33. The summed E-state index contributed by atoms with van der Waals surface area (Å²) in [6.07, 6.45) is 0.750. The molecule has 0 saturated carbocycles. The van der Waals surface area contributed by atoms with Crippen molar-refractivity contribution in [2.75, 3.05) is 42.5 Å². The average Bonchev–Trinajstić information content (AvgIpc) is 3.20. The number of carbonyl (C=O) groups is 1. The molecule has 0 bridgehead atoms. The van der Waals surface area contributed by atoms with Crippen LogP contribution in [0.5, 0.6) is 23.0 Å². The number of halogens is 2. The van der Waals surface area contributed by atoms with Gasteiger partial charge in [0.25, 0.3) is 0 Å². The van der Waals surface area contributed by atoms with E-state index in [0.29, 0.717) is 0 Å². The molecule has 0 fully saturated rings. The van der Waals surface area contributed by atoms with Gasteiger partial charge in [0.1, 0.15) is 23.0 Å². The normalized spacial score (nSPS) is 8.69. The number of hydrogen-bond donors (Lipinski definition) is 0. The van der Waals surface area contributed by atoms with Crippen molar-refractivity contribution in [3.63, 3.8) is 0 Å². The van der Waals surface area contributed by atoms with Crippen molar-refractivity contribution in [2.45, 2.75) is 27.7 Å². The first-order valence-corrected chi connectivity index (χ1v) is 18.8. The number of benzene rings is 6. The third-order valence-electron chi connectivity index (χ3n) is 7.36. The molecule has 1 amide bonds. The maximum atomic E-state index is 9.43. The van der Waals surface area contributed by atoms with Crippen molar-refractivity contribution < 1.29 is 68.0 Å². The van der Waals surface area contributed by atoms with Crippen LogP contribution in [0.2, 0.25) is 0 Å². The summed E-state index contributed by atoms with van der Waals surface area (Å²) in [5, 5.41) is 1.91. The van der Waals surface area contributed by atoms with Crippen molar-refractivity contribution in [1.29, 1.82) is 0 Å². The van der Waals surface area contributed by atoms with Gasteiger partial charge < -0.3 is 48.7 Å². The minimum atomic E-state index is 0. The summed E-state index contributed by atoms with van der Waals surface area (Å²) < 4.78 is 21.7. The minimum absolute atomic E-state index is 0. The maximum Gasteiger partial charge on any atom is 3.00 e. The fourth-order valence-electron chi connectivity index (χ4n) is 4.43. The van der Waals surface area contributed by atoms with E-state index in [1.54, 1.807) is 42.5 Å². The predicted molar refractivity (Wildman–Crippen MR) is 241 cm³/mol. The van der Waals surface area contributed by atoms with Gasteiger partial charge in [0, 0.05) is 42.7 Å². The van der Waals surface area contributed by atoms with Gasteiger partial charge in [-0.2, -0.15) is 0 Å². The number of ether oxygens (including phenoxy) is 4. The molecule has 6 rings (SSSR count). The van der Waals surface area contributed by atoms with Crippen LogP contribution in [0.15, 0.2) is 146 Å². The van der Waals surface area contributed by atoms with E-state index in [1.807, 2.05) is 97.1 Å². The minimum Gasteiger partial charge on any atom is -1.00 e. The van der Waals surface area contributed by atoms with Crippen LogP contribution in [0.1, 0.15) is 22.3 Å². The number of aryl methyl sites for hydroxylation is 4. The molecule has 0 aliphatic heterocycles. The number of carbonyl (C=O) groups excluding carboxylic acids is 1. The Bertz CT molecular complexity index is 1760. The first-order chi connectivity index (χ1) is 26.4. The third kappa shape index (κ3) is 24.7. The Morgan fingerprint density at radius 3 is 1.03 bits per heavy atom. The Morgan fingerprint density at radius 1 is 0.466 bits per heavy atom. The van der Waals surface area contributed by atoms with Gasteiger partial charge >= 0.3 is 19.5 Å². The molecule has 2 atom stereocenters. The number of nitrogens with zero attached hydrogens (tertiary/aromatic N) is 1. The molecule has 6 aromatic rings. The molecule has 0 aliphatic carbocycles. The van der Waals surface area contributed by atoms with Crippen LogP contribution < -0.4 is 54.4 Å². The van der Waals surface area contributed by atoms with Gasteiger partial charge in [-0.25, -0.2) is 0 Å². The number of amides is 1. The fourth-order valence-corrected chi connectivity index (χ4v) is 5.26. The second kappa shape index (κ2) is 35.0. The molecule has 0 N–H and O–H groups in total. The molecule has 6 aromatic carbocycles. The van der Waals surface area contributed by atoms with Gasteiger partial charge in [0.2, 0.25) is 6.41 Å².